The Hall–Kier alpha value is -6.36. The summed E-state index contributed by atoms with van der Waals surface area (Å²) in [5, 5.41) is 23.2. The number of cyclic esters (lactones) is 1. The Morgan fingerprint density at radius 3 is 2.53 bits per heavy atom. The number of aromatic amines is 1. The highest BCUT2D eigenvalue weighted by atomic mass is 32.1. The fraction of sp³-hybridized carbons (Fsp3) is 0.490. The number of hydrogen-bond donors (Lipinski definition) is 6. The average molecular weight is 954 g/mol. The van der Waals surface area contributed by atoms with E-state index in [9.17, 15) is 38.3 Å². The van der Waals surface area contributed by atoms with Gasteiger partial charge in [0.15, 0.2) is 10.4 Å². The van der Waals surface area contributed by atoms with Crippen LogP contribution in [0, 0.1) is 35.3 Å². The molecule has 5 heterocycles. The minimum atomic E-state index is -2.00. The van der Waals surface area contributed by atoms with E-state index in [1.165, 1.54) is 10.6 Å². The van der Waals surface area contributed by atoms with Gasteiger partial charge in [-0.2, -0.15) is 0 Å². The van der Waals surface area contributed by atoms with Gasteiger partial charge in [-0.3, -0.25) is 24.0 Å². The SMILES string of the molecule is CC[C@@]1(O)C(=O)OCc2c1cc1n(c2=O)Cc2c-1nc1cc(F)c(C)cc1c2CCCNC(=O)CNC(=O)[C@H](CCCCN(C)C)NC(=O)[C@@H](NC(=O)CCCC#Cc1cnc(=S)[nH]c1)C(C)C. The number of benzene rings is 1. The molecule has 68 heavy (non-hydrogen) atoms. The summed E-state index contributed by atoms with van der Waals surface area (Å²) in [6, 6.07) is 2.80. The van der Waals surface area contributed by atoms with E-state index < -0.39 is 52.8 Å². The molecule has 2 aliphatic heterocycles. The summed E-state index contributed by atoms with van der Waals surface area (Å²) in [5.41, 5.74) is 1.79. The highest BCUT2D eigenvalue weighted by Crippen LogP contribution is 2.40. The van der Waals surface area contributed by atoms with Crippen molar-refractivity contribution >= 4 is 52.7 Å². The number of aromatic nitrogens is 4. The molecule has 3 atom stereocenters. The zero-order valence-corrected chi connectivity index (χ0v) is 40.2. The van der Waals surface area contributed by atoms with Crippen LogP contribution in [-0.4, -0.2) is 105 Å². The van der Waals surface area contributed by atoms with Gasteiger partial charge in [-0.1, -0.05) is 32.6 Å². The van der Waals surface area contributed by atoms with Crippen LogP contribution < -0.4 is 26.8 Å². The van der Waals surface area contributed by atoms with Crippen molar-refractivity contribution < 1.29 is 38.2 Å². The number of nitrogens with one attached hydrogen (secondary N) is 5. The number of halogens is 1. The first kappa shape index (κ1) is 51.0. The van der Waals surface area contributed by atoms with E-state index in [1.54, 1.807) is 52.2 Å². The van der Waals surface area contributed by atoms with Crippen LogP contribution in [0.25, 0.3) is 22.3 Å². The molecule has 19 heteroatoms. The standard InChI is InChI=1S/C49H60FN9O8S/c1-7-49(66)35-21-39-43-33(26-59(39)46(64)34(35)27-67-47(49)65)31(32-20-29(4)36(50)22-38(32)55-43)15-13-18-51-41(61)25-52-44(62)37(16-11-12-19-58(5)6)56-45(63)42(28(2)3)57-40(60)17-10-8-9-14-30-23-53-48(68)54-24-30/h20-24,28,37,42,66H,7-8,10-13,15-19,25-27H2,1-6H3,(H,51,61)(H,52,62)(H,56,63)(H,57,60)(H,53,54,68)/t37-,42-,49-/m0/s1. The summed E-state index contributed by atoms with van der Waals surface area (Å²) in [6.45, 7) is 7.40. The molecule has 1 aromatic carbocycles. The monoisotopic (exact) mass is 953 g/mol. The van der Waals surface area contributed by atoms with Crippen molar-refractivity contribution in [3.05, 3.63) is 84.9 Å². The van der Waals surface area contributed by atoms with Crippen molar-refractivity contribution in [3.8, 4) is 23.2 Å². The molecule has 6 N–H and O–H groups in total. The zero-order valence-electron chi connectivity index (χ0n) is 39.4. The maximum absolute atomic E-state index is 15.0. The molecule has 0 saturated carbocycles. The highest BCUT2D eigenvalue weighted by molar-refractivity contribution is 7.71. The van der Waals surface area contributed by atoms with Crippen LogP contribution in [0.3, 0.4) is 0 Å². The Labute approximate surface area is 399 Å². The summed E-state index contributed by atoms with van der Waals surface area (Å²) in [7, 11) is 3.89. The lowest BCUT2D eigenvalue weighted by Crippen LogP contribution is -2.56. The first-order valence-electron chi connectivity index (χ1n) is 23.0. The number of amides is 4. The minimum absolute atomic E-state index is 0.0106. The fourth-order valence-corrected chi connectivity index (χ4v) is 8.53. The normalized spacial score (nSPS) is 15.6. The molecule has 0 saturated heterocycles. The average Bonchev–Trinajstić information content (AvgIpc) is 3.67. The van der Waals surface area contributed by atoms with Crippen LogP contribution in [0.15, 0.2) is 35.4 Å². The van der Waals surface area contributed by atoms with Crippen LogP contribution in [0.5, 0.6) is 0 Å². The second-order valence-corrected chi connectivity index (χ2v) is 18.3. The van der Waals surface area contributed by atoms with Gasteiger partial charge in [0.05, 0.1) is 41.1 Å². The minimum Gasteiger partial charge on any atom is -0.458 e. The quantitative estimate of drug-likeness (QED) is 0.0284. The zero-order chi connectivity index (χ0) is 49.3. The number of aliphatic hydroxyl groups is 1. The summed E-state index contributed by atoms with van der Waals surface area (Å²) < 4.78 is 22.1. The number of hydrogen-bond acceptors (Lipinski definition) is 12. The van der Waals surface area contributed by atoms with E-state index in [2.05, 4.69) is 43.1 Å². The molecule has 0 aliphatic carbocycles. The third kappa shape index (κ3) is 12.0. The summed E-state index contributed by atoms with van der Waals surface area (Å²) in [6.07, 6.45) is 6.81. The smallest absolute Gasteiger partial charge is 0.343 e. The van der Waals surface area contributed by atoms with Crippen molar-refractivity contribution in [3.63, 3.8) is 0 Å². The lowest BCUT2D eigenvalue weighted by molar-refractivity contribution is -0.172. The molecule has 0 spiro atoms. The Kier molecular flexibility index (Phi) is 17.0. The van der Waals surface area contributed by atoms with Crippen molar-refractivity contribution in [2.45, 2.75) is 116 Å². The first-order chi connectivity index (χ1) is 32.4. The van der Waals surface area contributed by atoms with Gasteiger partial charge in [-0.15, -0.1) is 0 Å². The lowest BCUT2D eigenvalue weighted by Gasteiger charge is -2.31. The molecular weight excluding hydrogens is 894 g/mol. The molecule has 4 amide bonds. The number of unbranched alkanes of at least 4 members (excludes halogenated alkanes) is 2. The van der Waals surface area contributed by atoms with Gasteiger partial charge in [-0.25, -0.2) is 19.2 Å². The molecule has 362 valence electrons. The van der Waals surface area contributed by atoms with E-state index in [1.807, 2.05) is 19.0 Å². The topological polar surface area (TPSA) is 230 Å². The maximum Gasteiger partial charge on any atom is 0.343 e. The number of carbonyl (C=O) groups is 5. The van der Waals surface area contributed by atoms with E-state index in [-0.39, 0.29) is 62.0 Å². The second-order valence-electron chi connectivity index (χ2n) is 17.9. The number of rotatable bonds is 20. The molecule has 6 rings (SSSR count). The van der Waals surface area contributed by atoms with Gasteiger partial charge in [0.1, 0.15) is 24.5 Å². The third-order valence-electron chi connectivity index (χ3n) is 12.3. The molecule has 2 aliphatic rings. The van der Waals surface area contributed by atoms with Gasteiger partial charge < -0.3 is 45.6 Å². The summed E-state index contributed by atoms with van der Waals surface area (Å²) >= 11 is 4.94. The maximum atomic E-state index is 15.0. The Morgan fingerprint density at radius 1 is 1.04 bits per heavy atom. The number of pyridine rings is 2. The van der Waals surface area contributed by atoms with Gasteiger partial charge in [0.2, 0.25) is 23.6 Å². The molecular formula is C49H60FN9O8S. The van der Waals surface area contributed by atoms with E-state index in [0.717, 1.165) is 24.1 Å². The van der Waals surface area contributed by atoms with Gasteiger partial charge in [-0.05, 0) is 114 Å². The Bertz CT molecular complexity index is 2760. The predicted octanol–water partition coefficient (Wildman–Crippen LogP) is 3.72. The number of nitrogens with zero attached hydrogens (tertiary/aromatic N) is 4. The number of H-pyrrole nitrogens is 1. The Balaban J connectivity index is 1.07. The first-order valence-corrected chi connectivity index (χ1v) is 23.4. The van der Waals surface area contributed by atoms with Crippen molar-refractivity contribution in [2.75, 3.05) is 33.7 Å². The van der Waals surface area contributed by atoms with Gasteiger partial charge in [0, 0.05) is 54.4 Å². The number of fused-ring (bicyclic) bond motifs is 5. The van der Waals surface area contributed by atoms with Crippen LogP contribution in [0.4, 0.5) is 4.39 Å². The number of aryl methyl sites for hydroxylation is 2. The van der Waals surface area contributed by atoms with E-state index >= 15 is 0 Å². The molecule has 0 unspecified atom stereocenters. The molecule has 17 nitrogen and oxygen atoms in total. The van der Waals surface area contributed by atoms with Gasteiger partial charge >= 0.3 is 5.97 Å². The predicted molar refractivity (Wildman–Crippen MR) is 255 cm³/mol. The van der Waals surface area contributed by atoms with Gasteiger partial charge in [0.25, 0.3) is 5.56 Å². The van der Waals surface area contributed by atoms with Crippen molar-refractivity contribution in [1.82, 2.24) is 45.7 Å². The van der Waals surface area contributed by atoms with Crippen LogP contribution in [0.1, 0.15) is 106 Å². The number of carbonyl (C=O) groups excluding carboxylic acids is 5. The molecule has 0 fully saturated rings. The summed E-state index contributed by atoms with van der Waals surface area (Å²) in [4.78, 5) is 93.5. The fourth-order valence-electron chi connectivity index (χ4n) is 8.42. The summed E-state index contributed by atoms with van der Waals surface area (Å²) in [5.74, 6) is 2.57. The van der Waals surface area contributed by atoms with Crippen LogP contribution in [-0.2, 0) is 53.9 Å². The number of esters is 1. The van der Waals surface area contributed by atoms with Crippen molar-refractivity contribution in [1.29, 1.82) is 0 Å². The largest absolute Gasteiger partial charge is 0.458 e. The number of ether oxygens (including phenoxy) is 1. The van der Waals surface area contributed by atoms with Crippen LogP contribution >= 0.6 is 12.2 Å². The molecule has 4 aromatic rings. The molecule has 0 radical (unpaired) electrons. The second kappa shape index (κ2) is 22.6. The lowest BCUT2D eigenvalue weighted by atomic mass is 9.86. The highest BCUT2D eigenvalue weighted by Gasteiger charge is 2.45. The third-order valence-corrected chi connectivity index (χ3v) is 12.5. The van der Waals surface area contributed by atoms with E-state index in [4.69, 9.17) is 21.9 Å². The van der Waals surface area contributed by atoms with Crippen LogP contribution in [0.2, 0.25) is 0 Å². The van der Waals surface area contributed by atoms with E-state index in [0.29, 0.717) is 76.7 Å². The molecule has 0 bridgehead atoms. The molecule has 3 aromatic heterocycles. The Morgan fingerprint density at radius 2 is 1.82 bits per heavy atom. The van der Waals surface area contributed by atoms with Crippen molar-refractivity contribution in [2.24, 2.45) is 5.92 Å².